The van der Waals surface area contributed by atoms with Crippen LogP contribution in [-0.2, 0) is 33.3 Å². The molecule has 5 aliphatic carbocycles. The standard InChI is InChI=1S/C46H70O14/c1-11-23(3)38(55)57-22-46-26(19-41(5,6)36(35(46)52)60-39(56)24(4)12-2)25-13-14-28-42(7)17-16-30(58-40-33(51)31(49)32(50)34(59-40)37(53)54)43(8,21-47)27(42)15-18-44(28,9)45(25,10)20-29(46)48/h11-13,26-36,40,47-52H,14-22H2,1-10H3,(H,53,54)/b23-11+,24-12+/t26-,27+,28+,29-,30-,31-,32-,33+,34-,35-,36-,40+,42-,43-,44+,45+,46-/m0/s1. The van der Waals surface area contributed by atoms with Crippen LogP contribution in [0.2, 0.25) is 0 Å². The lowest BCUT2D eigenvalue weighted by Crippen LogP contribution is -2.72. The largest absolute Gasteiger partial charge is 0.479 e. The van der Waals surface area contributed by atoms with Crippen LogP contribution in [0.3, 0.4) is 0 Å². The van der Waals surface area contributed by atoms with Gasteiger partial charge in [0.15, 0.2) is 12.4 Å². The summed E-state index contributed by atoms with van der Waals surface area (Å²) in [5, 5.41) is 77.8. The summed E-state index contributed by atoms with van der Waals surface area (Å²) in [4.78, 5) is 38.3. The molecule has 5 fully saturated rings. The molecule has 7 N–H and O–H groups in total. The average molecular weight is 847 g/mol. The molecule has 14 nitrogen and oxygen atoms in total. The van der Waals surface area contributed by atoms with Gasteiger partial charge in [0.1, 0.15) is 37.1 Å². The first kappa shape index (κ1) is 46.8. The number of aliphatic carboxylic acids is 1. The molecule has 0 aromatic carbocycles. The van der Waals surface area contributed by atoms with E-state index in [0.717, 1.165) is 12.0 Å². The summed E-state index contributed by atoms with van der Waals surface area (Å²) in [6.45, 7) is 18.9. The Morgan fingerprint density at radius 1 is 0.850 bits per heavy atom. The number of rotatable bonds is 9. The van der Waals surface area contributed by atoms with E-state index in [0.29, 0.717) is 43.3 Å². The summed E-state index contributed by atoms with van der Waals surface area (Å²) in [6, 6.07) is 0. The van der Waals surface area contributed by atoms with Gasteiger partial charge in [-0.05, 0) is 107 Å². The van der Waals surface area contributed by atoms with Crippen molar-refractivity contribution in [2.24, 2.45) is 50.2 Å². The smallest absolute Gasteiger partial charge is 0.335 e. The molecule has 6 rings (SSSR count). The number of carboxylic acid groups (broad SMARTS) is 1. The van der Waals surface area contributed by atoms with Crippen LogP contribution in [0.25, 0.3) is 0 Å². The van der Waals surface area contributed by atoms with Crippen molar-refractivity contribution in [3.8, 4) is 0 Å². The highest BCUT2D eigenvalue weighted by molar-refractivity contribution is 5.88. The van der Waals surface area contributed by atoms with Crippen LogP contribution < -0.4 is 0 Å². The van der Waals surface area contributed by atoms with Crippen molar-refractivity contribution >= 4 is 17.9 Å². The predicted molar refractivity (Wildman–Crippen MR) is 218 cm³/mol. The van der Waals surface area contributed by atoms with E-state index in [2.05, 4.69) is 26.8 Å². The average Bonchev–Trinajstić information content (AvgIpc) is 3.19. The molecule has 0 aromatic rings. The van der Waals surface area contributed by atoms with Crippen molar-refractivity contribution < 1.29 is 69.1 Å². The molecular weight excluding hydrogens is 776 g/mol. The third-order valence-electron chi connectivity index (χ3n) is 17.5. The van der Waals surface area contributed by atoms with Crippen molar-refractivity contribution in [3.05, 3.63) is 34.9 Å². The number of fused-ring (bicyclic) bond motifs is 7. The predicted octanol–water partition coefficient (Wildman–Crippen LogP) is 3.98. The number of esters is 2. The number of hydrogen-bond donors (Lipinski definition) is 7. The zero-order valence-corrected chi connectivity index (χ0v) is 37.0. The Bertz CT molecular complexity index is 1790. The molecule has 338 valence electrons. The van der Waals surface area contributed by atoms with E-state index >= 15 is 0 Å². The van der Waals surface area contributed by atoms with Gasteiger partial charge in [0.25, 0.3) is 0 Å². The number of carboxylic acids is 1. The van der Waals surface area contributed by atoms with Crippen LogP contribution in [0, 0.1) is 50.2 Å². The molecular formula is C46H70O14. The molecule has 14 heteroatoms. The Morgan fingerprint density at radius 2 is 1.48 bits per heavy atom. The molecule has 4 saturated carbocycles. The van der Waals surface area contributed by atoms with Crippen molar-refractivity contribution in [3.63, 3.8) is 0 Å². The summed E-state index contributed by atoms with van der Waals surface area (Å²) >= 11 is 0. The molecule has 1 heterocycles. The van der Waals surface area contributed by atoms with Crippen molar-refractivity contribution in [2.75, 3.05) is 13.2 Å². The zero-order valence-electron chi connectivity index (χ0n) is 37.0. The molecule has 1 saturated heterocycles. The van der Waals surface area contributed by atoms with Crippen LogP contribution in [0.15, 0.2) is 34.9 Å². The third-order valence-corrected chi connectivity index (χ3v) is 17.5. The first-order chi connectivity index (χ1) is 27.9. The number of ether oxygens (including phenoxy) is 4. The Morgan fingerprint density at radius 3 is 2.08 bits per heavy atom. The molecule has 1 aliphatic heterocycles. The van der Waals surface area contributed by atoms with Gasteiger partial charge >= 0.3 is 17.9 Å². The van der Waals surface area contributed by atoms with Gasteiger partial charge in [-0.1, -0.05) is 65.3 Å². The van der Waals surface area contributed by atoms with Gasteiger partial charge in [0.05, 0.1) is 24.2 Å². The van der Waals surface area contributed by atoms with E-state index in [1.165, 1.54) is 0 Å². The maximum absolute atomic E-state index is 13.3. The van der Waals surface area contributed by atoms with E-state index in [4.69, 9.17) is 18.9 Å². The number of aliphatic hydroxyl groups is 6. The fourth-order valence-electron chi connectivity index (χ4n) is 13.4. The van der Waals surface area contributed by atoms with Gasteiger partial charge < -0.3 is 54.7 Å². The van der Waals surface area contributed by atoms with E-state index in [1.807, 2.05) is 20.8 Å². The molecule has 0 amide bonds. The summed E-state index contributed by atoms with van der Waals surface area (Å²) in [5.74, 6) is -3.07. The lowest BCUT2D eigenvalue weighted by atomic mass is 9.33. The van der Waals surface area contributed by atoms with Crippen LogP contribution in [-0.4, -0.2) is 122 Å². The molecule has 0 radical (unpaired) electrons. The van der Waals surface area contributed by atoms with Crippen molar-refractivity contribution in [2.45, 2.75) is 169 Å². The Balaban J connectivity index is 1.37. The van der Waals surface area contributed by atoms with Gasteiger partial charge in [-0.25, -0.2) is 14.4 Å². The van der Waals surface area contributed by atoms with Gasteiger partial charge in [0.2, 0.25) is 0 Å². The summed E-state index contributed by atoms with van der Waals surface area (Å²) in [5.41, 5.74) is -2.41. The lowest BCUT2D eigenvalue weighted by Gasteiger charge is -2.72. The summed E-state index contributed by atoms with van der Waals surface area (Å²) in [6.07, 6.45) is -3.49. The maximum atomic E-state index is 13.3. The maximum Gasteiger partial charge on any atom is 0.335 e. The molecule has 0 aromatic heterocycles. The van der Waals surface area contributed by atoms with Crippen molar-refractivity contribution in [1.29, 1.82) is 0 Å². The summed E-state index contributed by atoms with van der Waals surface area (Å²) in [7, 11) is 0. The molecule has 0 spiro atoms. The number of carbonyl (C=O) groups excluding carboxylic acids is 2. The van der Waals surface area contributed by atoms with E-state index in [9.17, 15) is 50.1 Å². The second-order valence-corrected chi connectivity index (χ2v) is 20.7. The van der Waals surface area contributed by atoms with Crippen LogP contribution >= 0.6 is 0 Å². The minimum Gasteiger partial charge on any atom is -0.479 e. The monoisotopic (exact) mass is 846 g/mol. The highest BCUT2D eigenvalue weighted by Gasteiger charge is 2.73. The van der Waals surface area contributed by atoms with Crippen LogP contribution in [0.5, 0.6) is 0 Å². The Labute approximate surface area is 354 Å². The van der Waals surface area contributed by atoms with Crippen LogP contribution in [0.4, 0.5) is 0 Å². The fraction of sp³-hybridized carbons (Fsp3) is 0.804. The molecule has 17 atom stereocenters. The molecule has 0 bridgehead atoms. The molecule has 60 heavy (non-hydrogen) atoms. The SMILES string of the molecule is C/C=C(\C)C(=O)OC[C@@]12[C@@H](O)C[C@]3(C)C(=CC[C@@H]4[C@@]5(C)CC[C@H](O[C@@H]6O[C@H](C(=O)O)[C@@H](O)[C@H](O)[C@H]6O)[C@@](C)(CO)[C@@H]5CC[C@]43C)[C@@H]1CC(C)(C)[C@@H](OC(=O)/C(C)=C/C)[C@@H]2O. The number of carbonyl (C=O) groups is 3. The van der Waals surface area contributed by atoms with E-state index in [1.54, 1.807) is 39.8 Å². The normalized spacial score (nSPS) is 47.7. The van der Waals surface area contributed by atoms with Gasteiger partial charge in [-0.3, -0.25) is 0 Å². The minimum absolute atomic E-state index is 0.0723. The number of allylic oxidation sites excluding steroid dienone is 4. The minimum atomic E-state index is -1.85. The first-order valence-corrected chi connectivity index (χ1v) is 21.8. The summed E-state index contributed by atoms with van der Waals surface area (Å²) < 4.78 is 23.9. The van der Waals surface area contributed by atoms with Crippen LogP contribution in [0.1, 0.15) is 114 Å². The molecule has 6 aliphatic rings. The van der Waals surface area contributed by atoms with Gasteiger partial charge in [0, 0.05) is 22.0 Å². The second-order valence-electron chi connectivity index (χ2n) is 20.7. The van der Waals surface area contributed by atoms with E-state index < -0.39 is 101 Å². The van der Waals surface area contributed by atoms with Gasteiger partial charge in [-0.2, -0.15) is 0 Å². The highest BCUT2D eigenvalue weighted by atomic mass is 16.7. The second kappa shape index (κ2) is 16.1. The number of hydrogen-bond acceptors (Lipinski definition) is 13. The fourth-order valence-corrected chi connectivity index (χ4v) is 13.4. The third kappa shape index (κ3) is 6.85. The highest BCUT2D eigenvalue weighted by Crippen LogP contribution is 2.76. The number of aliphatic hydroxyl groups excluding tert-OH is 6. The Hall–Kier alpha value is -2.69. The van der Waals surface area contributed by atoms with E-state index in [-0.39, 0.29) is 42.3 Å². The topological polar surface area (TPSA) is 230 Å². The zero-order chi connectivity index (χ0) is 44.7. The quantitative estimate of drug-likeness (QED) is 0.0754. The first-order valence-electron chi connectivity index (χ1n) is 21.8. The molecule has 0 unspecified atom stereocenters. The Kier molecular flexibility index (Phi) is 12.6. The lowest BCUT2D eigenvalue weighted by molar-refractivity contribution is -0.328. The van der Waals surface area contributed by atoms with Crippen molar-refractivity contribution in [1.82, 2.24) is 0 Å². The van der Waals surface area contributed by atoms with Gasteiger partial charge in [-0.15, -0.1) is 0 Å².